The molecule has 0 aromatic heterocycles. The van der Waals surface area contributed by atoms with E-state index in [1.165, 1.54) is 7.11 Å². The zero-order valence-electron chi connectivity index (χ0n) is 12.6. The molecule has 0 amide bonds. The van der Waals surface area contributed by atoms with Gasteiger partial charge in [0.05, 0.1) is 13.2 Å². The second-order valence-corrected chi connectivity index (χ2v) is 4.91. The normalized spacial score (nSPS) is 19.0. The average molecular weight is 520 g/mol. The van der Waals surface area contributed by atoms with Gasteiger partial charge in [-0.3, -0.25) is 14.5 Å². The number of ether oxygens (including phenoxy) is 1. The Labute approximate surface area is 150 Å². The number of Topliss-reactive ketones (excluding diaryl/α,β-unsaturated/α-hetero) is 1. The van der Waals surface area contributed by atoms with E-state index in [0.29, 0.717) is 25.7 Å². The quantitative estimate of drug-likeness (QED) is 0.218. The molecule has 0 unspecified atom stereocenters. The van der Waals surface area contributed by atoms with Crippen molar-refractivity contribution in [2.75, 3.05) is 20.2 Å². The van der Waals surface area contributed by atoms with Crippen LogP contribution in [0, 0.1) is 37.7 Å². The molecule has 0 spiro atoms. The number of hydrogen-bond donors (Lipinski definition) is 1. The molecule has 6 heteroatoms. The standard InChI is InChI=1S/C15H24NO4.U/c1-20-15(19)8-5-3-2-4-7-13-14(18)9-11-16(13)10-6-12-17;/h2,4,12-13,17H,3,5-11H2,1H3;/q-1;/b4-2-;/t13-;/m0./s1. The fraction of sp³-hybridized carbons (Fsp3) is 0.667. The van der Waals surface area contributed by atoms with Crippen molar-refractivity contribution < 1.29 is 50.5 Å². The number of methoxy groups -OCH3 is 1. The maximum absolute atomic E-state index is 11.8. The Morgan fingerprint density at radius 3 is 2.95 bits per heavy atom. The molecule has 1 aliphatic heterocycles. The van der Waals surface area contributed by atoms with Crippen molar-refractivity contribution in [1.29, 1.82) is 0 Å². The first-order valence-electron chi connectivity index (χ1n) is 7.13. The first kappa shape index (κ1) is 20.9. The van der Waals surface area contributed by atoms with Crippen LogP contribution in [0.3, 0.4) is 0 Å². The van der Waals surface area contributed by atoms with E-state index < -0.39 is 0 Å². The molecule has 0 saturated carbocycles. The number of carbonyl (C=O) groups is 2. The van der Waals surface area contributed by atoms with E-state index in [1.807, 2.05) is 12.2 Å². The number of ketones is 1. The molecule has 1 saturated heterocycles. The number of rotatable bonds is 9. The average Bonchev–Trinajstić information content (AvgIpc) is 2.80. The molecule has 118 valence electrons. The SMILES string of the molecule is COC(=O)CCC/C=C\C[C@H]1C(=O)CCN1CC[CH-]O.[U]. The van der Waals surface area contributed by atoms with Gasteiger partial charge >= 0.3 is 5.97 Å². The van der Waals surface area contributed by atoms with Gasteiger partial charge in [-0.25, -0.2) is 6.61 Å². The molecule has 1 fully saturated rings. The van der Waals surface area contributed by atoms with Crippen molar-refractivity contribution in [3.63, 3.8) is 0 Å². The smallest absolute Gasteiger partial charge is 0.305 e. The van der Waals surface area contributed by atoms with Crippen molar-refractivity contribution in [1.82, 2.24) is 4.90 Å². The Balaban J connectivity index is 0.00000400. The van der Waals surface area contributed by atoms with Crippen LogP contribution >= 0.6 is 0 Å². The number of likely N-dealkylation sites (tertiary alicyclic amines) is 1. The molecule has 5 nitrogen and oxygen atoms in total. The minimum atomic E-state index is -0.184. The predicted molar refractivity (Wildman–Crippen MR) is 75.5 cm³/mol. The number of esters is 1. The van der Waals surface area contributed by atoms with Crippen molar-refractivity contribution >= 4 is 11.8 Å². The molecular weight excluding hydrogens is 496 g/mol. The Morgan fingerprint density at radius 2 is 2.29 bits per heavy atom. The number of allylic oxidation sites excluding steroid dienone is 1. The van der Waals surface area contributed by atoms with Crippen LogP contribution in [-0.4, -0.2) is 48.0 Å². The number of aliphatic hydroxyl groups excluding tert-OH is 1. The summed E-state index contributed by atoms with van der Waals surface area (Å²) in [4.78, 5) is 24.8. The summed E-state index contributed by atoms with van der Waals surface area (Å²) < 4.78 is 4.57. The Morgan fingerprint density at radius 1 is 1.52 bits per heavy atom. The fourth-order valence-corrected chi connectivity index (χ4v) is 2.36. The largest absolute Gasteiger partial charge is 0.566 e. The third kappa shape index (κ3) is 8.16. The minimum Gasteiger partial charge on any atom is -0.566 e. The van der Waals surface area contributed by atoms with E-state index in [-0.39, 0.29) is 48.9 Å². The van der Waals surface area contributed by atoms with Gasteiger partial charge in [0.15, 0.2) is 5.78 Å². The first-order chi connectivity index (χ1) is 9.69. The molecule has 1 heterocycles. The zero-order chi connectivity index (χ0) is 14.8. The number of aliphatic hydroxyl groups is 1. The summed E-state index contributed by atoms with van der Waals surface area (Å²) in [6, 6.07) is -0.0493. The summed E-state index contributed by atoms with van der Waals surface area (Å²) in [5.41, 5.74) is 0. The van der Waals surface area contributed by atoms with E-state index in [0.717, 1.165) is 32.5 Å². The number of nitrogens with zero attached hydrogens (tertiary/aromatic N) is 1. The molecule has 0 aromatic carbocycles. The van der Waals surface area contributed by atoms with Gasteiger partial charge in [-0.1, -0.05) is 12.2 Å². The van der Waals surface area contributed by atoms with Crippen LogP contribution in [0.5, 0.6) is 0 Å². The number of unbranched alkanes of at least 4 members (excludes halogenated alkanes) is 1. The Bertz CT molecular complexity index is 347. The van der Waals surface area contributed by atoms with Gasteiger partial charge in [0.25, 0.3) is 0 Å². The number of carbonyl (C=O) groups excluding carboxylic acids is 2. The molecule has 1 rings (SSSR count). The molecule has 1 aliphatic rings. The summed E-state index contributed by atoms with van der Waals surface area (Å²) in [5, 5.41) is 8.73. The molecule has 0 bridgehead atoms. The third-order valence-electron chi connectivity index (χ3n) is 3.51. The van der Waals surface area contributed by atoms with Gasteiger partial charge in [-0.05, 0) is 25.8 Å². The van der Waals surface area contributed by atoms with Gasteiger partial charge in [0.2, 0.25) is 0 Å². The molecule has 0 aromatic rings. The Kier molecular flexibility index (Phi) is 12.3. The Hall–Kier alpha value is -0.148. The molecular formula is C15H24NO4U-. The first-order valence-corrected chi connectivity index (χ1v) is 7.13. The molecule has 21 heavy (non-hydrogen) atoms. The predicted octanol–water partition coefficient (Wildman–Crippen LogP) is 1.84. The van der Waals surface area contributed by atoms with Crippen molar-refractivity contribution in [2.24, 2.45) is 0 Å². The maximum atomic E-state index is 11.8. The zero-order valence-corrected chi connectivity index (χ0v) is 16.7. The second-order valence-electron chi connectivity index (χ2n) is 4.91. The van der Waals surface area contributed by atoms with E-state index in [2.05, 4.69) is 9.64 Å². The summed E-state index contributed by atoms with van der Waals surface area (Å²) in [6.07, 6.45) is 7.96. The van der Waals surface area contributed by atoms with Crippen LogP contribution < -0.4 is 0 Å². The summed E-state index contributed by atoms with van der Waals surface area (Å²) >= 11 is 0. The van der Waals surface area contributed by atoms with Crippen molar-refractivity contribution in [3.8, 4) is 0 Å². The monoisotopic (exact) mass is 520 g/mol. The summed E-state index contributed by atoms with van der Waals surface area (Å²) in [6.45, 7) is 2.65. The second kappa shape index (κ2) is 12.4. The van der Waals surface area contributed by atoms with E-state index >= 15 is 0 Å². The molecule has 1 N–H and O–H groups in total. The maximum Gasteiger partial charge on any atom is 0.305 e. The van der Waals surface area contributed by atoms with Crippen LogP contribution in [0.4, 0.5) is 0 Å². The molecule has 1 atom stereocenters. The van der Waals surface area contributed by atoms with Gasteiger partial charge in [-0.15, -0.1) is 6.42 Å². The summed E-state index contributed by atoms with van der Waals surface area (Å²) in [7, 11) is 1.39. The fourth-order valence-electron chi connectivity index (χ4n) is 2.36. The van der Waals surface area contributed by atoms with Crippen LogP contribution in [-0.2, 0) is 14.3 Å². The van der Waals surface area contributed by atoms with E-state index in [9.17, 15) is 9.59 Å². The topological polar surface area (TPSA) is 66.8 Å². The minimum absolute atomic E-state index is 0. The van der Waals surface area contributed by atoms with Gasteiger partial charge < -0.3 is 9.84 Å². The van der Waals surface area contributed by atoms with Crippen LogP contribution in [0.2, 0.25) is 0 Å². The van der Waals surface area contributed by atoms with E-state index in [1.54, 1.807) is 0 Å². The van der Waals surface area contributed by atoms with E-state index in [4.69, 9.17) is 5.11 Å². The van der Waals surface area contributed by atoms with Crippen molar-refractivity contribution in [2.45, 2.75) is 44.6 Å². The molecule has 0 radical (unpaired) electrons. The van der Waals surface area contributed by atoms with Crippen molar-refractivity contribution in [3.05, 3.63) is 18.8 Å². The third-order valence-corrected chi connectivity index (χ3v) is 3.51. The van der Waals surface area contributed by atoms with Crippen LogP contribution in [0.1, 0.15) is 38.5 Å². The van der Waals surface area contributed by atoms with Crippen LogP contribution in [0.15, 0.2) is 12.2 Å². The van der Waals surface area contributed by atoms with Gasteiger partial charge in [0, 0.05) is 50.5 Å². The van der Waals surface area contributed by atoms with Gasteiger partial charge in [0.1, 0.15) is 0 Å². The molecule has 0 aliphatic carbocycles. The summed E-state index contributed by atoms with van der Waals surface area (Å²) in [5.74, 6) is 0.0953. The number of hydrogen-bond acceptors (Lipinski definition) is 5. The van der Waals surface area contributed by atoms with Crippen LogP contribution in [0.25, 0.3) is 0 Å². The van der Waals surface area contributed by atoms with Gasteiger partial charge in [-0.2, -0.15) is 0 Å².